The van der Waals surface area contributed by atoms with Crippen molar-refractivity contribution < 1.29 is 49.3 Å². The molecule has 1 heterocycles. The van der Waals surface area contributed by atoms with Crippen molar-refractivity contribution in [3.8, 4) is 0 Å². The summed E-state index contributed by atoms with van der Waals surface area (Å²) in [6, 6.07) is -0.842. The molecule has 7 atom stereocenters. The first kappa shape index (κ1) is 68.4. The average Bonchev–Trinajstić information content (AvgIpc) is 3.39. The van der Waals surface area contributed by atoms with Crippen molar-refractivity contribution in [1.82, 2.24) is 5.32 Å². The van der Waals surface area contributed by atoms with Gasteiger partial charge in [-0.15, -0.1) is 0 Å². The molecule has 0 aromatic rings. The topological polar surface area (TPSA) is 175 Å². The molecule has 1 fully saturated rings. The molecule has 1 rings (SSSR count). The van der Waals surface area contributed by atoms with Gasteiger partial charge in [-0.3, -0.25) is 9.59 Å². The lowest BCUT2D eigenvalue weighted by atomic mass is 9.99. The number of hydrogen-bond acceptors (Lipinski definition) is 10. The molecule has 1 aliphatic heterocycles. The standard InChI is InChI=1S/C62H111NO10/c1-3-5-7-9-11-13-15-16-25-29-32-36-40-44-48-55(65)54(53-72-62-61(70)60(69)59(68)56(52-64)73-62)63-57(66)49-45-41-37-33-30-26-23-21-19-17-18-20-22-24-27-31-35-39-43-47-51-71-58(67)50-46-42-38-34-28-14-12-10-8-6-4-2/h10,12-13,15,17,19,29,32,44,48,54-56,59-62,64-65,68-70H,3-9,11,14,16,18,20-28,30-31,33-43,45-47,49-53H2,1-2H3,(H,63,66)/b12-10-,15-13+,19-17-,32-29+,48-44+. The highest BCUT2D eigenvalue weighted by Crippen LogP contribution is 2.23. The van der Waals surface area contributed by atoms with Crippen molar-refractivity contribution in [2.75, 3.05) is 19.8 Å². The summed E-state index contributed by atoms with van der Waals surface area (Å²) in [5.41, 5.74) is 0. The van der Waals surface area contributed by atoms with E-state index in [1.54, 1.807) is 6.08 Å². The van der Waals surface area contributed by atoms with E-state index in [1.807, 2.05) is 6.08 Å². The van der Waals surface area contributed by atoms with Crippen LogP contribution in [0.15, 0.2) is 60.8 Å². The van der Waals surface area contributed by atoms with Crippen LogP contribution >= 0.6 is 0 Å². The van der Waals surface area contributed by atoms with Gasteiger partial charge in [-0.1, -0.05) is 203 Å². The number of unbranched alkanes of at least 4 members (excludes halogenated alkanes) is 29. The molecule has 1 amide bonds. The maximum absolute atomic E-state index is 13.0. The molecule has 11 nitrogen and oxygen atoms in total. The molecular formula is C62H111NO10. The fourth-order valence-corrected chi connectivity index (χ4v) is 8.97. The molecule has 0 aromatic heterocycles. The molecule has 73 heavy (non-hydrogen) atoms. The number of nitrogens with one attached hydrogen (secondary N) is 1. The Kier molecular flexibility index (Phi) is 48.2. The van der Waals surface area contributed by atoms with E-state index in [9.17, 15) is 35.1 Å². The lowest BCUT2D eigenvalue weighted by Crippen LogP contribution is -2.60. The molecule has 7 unspecified atom stereocenters. The Hall–Kier alpha value is -2.64. The van der Waals surface area contributed by atoms with Gasteiger partial charge in [-0.2, -0.15) is 0 Å². The normalized spacial score (nSPS) is 19.4. The van der Waals surface area contributed by atoms with E-state index in [4.69, 9.17) is 14.2 Å². The zero-order valence-corrected chi connectivity index (χ0v) is 46.6. The minimum absolute atomic E-state index is 0.0205. The maximum atomic E-state index is 13.0. The van der Waals surface area contributed by atoms with Crippen LogP contribution in [0, 0.1) is 0 Å². The molecule has 1 saturated heterocycles. The SMILES string of the molecule is CCCC/C=C\CCCCCCCC(=O)OCCCCCCCCCCC/C=C\CCCCCCCCCC(=O)NC(COC1OC(CO)C(O)C(O)C1O)C(O)/C=C/CC/C=C/CC/C=C/CCCCCC. The second kappa shape index (κ2) is 51.5. The van der Waals surface area contributed by atoms with Crippen molar-refractivity contribution >= 4 is 11.9 Å². The third kappa shape index (κ3) is 41.2. The van der Waals surface area contributed by atoms with E-state index in [1.165, 1.54) is 141 Å². The summed E-state index contributed by atoms with van der Waals surface area (Å²) in [7, 11) is 0. The zero-order chi connectivity index (χ0) is 53.1. The minimum Gasteiger partial charge on any atom is -0.466 e. The van der Waals surface area contributed by atoms with E-state index in [0.29, 0.717) is 19.4 Å². The monoisotopic (exact) mass is 1030 g/mol. The van der Waals surface area contributed by atoms with Crippen LogP contribution in [0.25, 0.3) is 0 Å². The third-order valence-corrected chi connectivity index (χ3v) is 13.8. The summed E-state index contributed by atoms with van der Waals surface area (Å²) in [4.78, 5) is 25.0. The molecule has 0 spiro atoms. The molecule has 11 heteroatoms. The van der Waals surface area contributed by atoms with Gasteiger partial charge in [0.05, 0.1) is 32.0 Å². The van der Waals surface area contributed by atoms with Crippen LogP contribution < -0.4 is 5.32 Å². The number of esters is 1. The van der Waals surface area contributed by atoms with Crippen molar-refractivity contribution in [2.24, 2.45) is 0 Å². The van der Waals surface area contributed by atoms with Crippen LogP contribution in [0.2, 0.25) is 0 Å². The van der Waals surface area contributed by atoms with Gasteiger partial charge < -0.3 is 45.1 Å². The van der Waals surface area contributed by atoms with Crippen LogP contribution in [0.3, 0.4) is 0 Å². The van der Waals surface area contributed by atoms with Crippen molar-refractivity contribution in [2.45, 2.75) is 301 Å². The Labute approximate surface area is 446 Å². The van der Waals surface area contributed by atoms with Gasteiger partial charge in [-0.05, 0) is 103 Å². The molecule has 1 aliphatic rings. The second-order valence-corrected chi connectivity index (χ2v) is 20.7. The number of ether oxygens (including phenoxy) is 3. The highest BCUT2D eigenvalue weighted by Gasteiger charge is 2.44. The number of aliphatic hydroxyl groups is 5. The van der Waals surface area contributed by atoms with Gasteiger partial charge in [0, 0.05) is 12.8 Å². The fraction of sp³-hybridized carbons (Fsp3) is 0.806. The summed E-state index contributed by atoms with van der Waals surface area (Å²) < 4.78 is 16.7. The summed E-state index contributed by atoms with van der Waals surface area (Å²) in [6.07, 6.45) is 55.9. The predicted octanol–water partition coefficient (Wildman–Crippen LogP) is 13.8. The van der Waals surface area contributed by atoms with Gasteiger partial charge in [0.15, 0.2) is 6.29 Å². The maximum Gasteiger partial charge on any atom is 0.305 e. The Morgan fingerprint density at radius 3 is 1.40 bits per heavy atom. The average molecular weight is 1030 g/mol. The van der Waals surface area contributed by atoms with Gasteiger partial charge in [0.25, 0.3) is 0 Å². The van der Waals surface area contributed by atoms with Gasteiger partial charge in [-0.25, -0.2) is 0 Å². The smallest absolute Gasteiger partial charge is 0.305 e. The van der Waals surface area contributed by atoms with Gasteiger partial charge in [0.2, 0.25) is 5.91 Å². The van der Waals surface area contributed by atoms with E-state index in [-0.39, 0.29) is 18.5 Å². The largest absolute Gasteiger partial charge is 0.466 e. The molecule has 0 aromatic carbocycles. The lowest BCUT2D eigenvalue weighted by molar-refractivity contribution is -0.302. The zero-order valence-electron chi connectivity index (χ0n) is 46.6. The number of hydrogen-bond donors (Lipinski definition) is 6. The summed E-state index contributed by atoms with van der Waals surface area (Å²) >= 11 is 0. The van der Waals surface area contributed by atoms with Gasteiger partial charge in [0.1, 0.15) is 24.4 Å². The second-order valence-electron chi connectivity index (χ2n) is 20.7. The Morgan fingerprint density at radius 1 is 0.493 bits per heavy atom. The number of aliphatic hydroxyl groups excluding tert-OH is 5. The van der Waals surface area contributed by atoms with E-state index < -0.39 is 49.5 Å². The number of allylic oxidation sites excluding steroid dienone is 9. The van der Waals surface area contributed by atoms with E-state index in [0.717, 1.165) is 89.9 Å². The first-order valence-electron chi connectivity index (χ1n) is 30.1. The molecule has 0 saturated carbocycles. The quantitative estimate of drug-likeness (QED) is 0.0195. The molecule has 6 N–H and O–H groups in total. The molecule has 0 aliphatic carbocycles. The summed E-state index contributed by atoms with van der Waals surface area (Å²) in [5.74, 6) is -0.227. The van der Waals surface area contributed by atoms with Crippen LogP contribution in [0.5, 0.6) is 0 Å². The fourth-order valence-electron chi connectivity index (χ4n) is 8.97. The lowest BCUT2D eigenvalue weighted by Gasteiger charge is -2.40. The predicted molar refractivity (Wildman–Crippen MR) is 301 cm³/mol. The highest BCUT2D eigenvalue weighted by molar-refractivity contribution is 5.76. The number of carbonyl (C=O) groups is 2. The van der Waals surface area contributed by atoms with Crippen molar-refractivity contribution in [1.29, 1.82) is 0 Å². The van der Waals surface area contributed by atoms with E-state index in [2.05, 4.69) is 67.8 Å². The summed E-state index contributed by atoms with van der Waals surface area (Å²) in [5, 5.41) is 54.4. The van der Waals surface area contributed by atoms with Crippen LogP contribution in [-0.4, -0.2) is 100 Å². The Bertz CT molecular complexity index is 1400. The third-order valence-electron chi connectivity index (χ3n) is 13.8. The van der Waals surface area contributed by atoms with Gasteiger partial charge >= 0.3 is 5.97 Å². The van der Waals surface area contributed by atoms with Crippen LogP contribution in [0.1, 0.15) is 258 Å². The van der Waals surface area contributed by atoms with Crippen LogP contribution in [0.4, 0.5) is 0 Å². The minimum atomic E-state index is -1.58. The van der Waals surface area contributed by atoms with Crippen LogP contribution in [-0.2, 0) is 23.8 Å². The first-order chi connectivity index (χ1) is 35.7. The molecule has 424 valence electrons. The Balaban J connectivity index is 2.13. The van der Waals surface area contributed by atoms with Crippen molar-refractivity contribution in [3.63, 3.8) is 0 Å². The van der Waals surface area contributed by atoms with Crippen molar-refractivity contribution in [3.05, 3.63) is 60.8 Å². The highest BCUT2D eigenvalue weighted by atomic mass is 16.7. The molecular weight excluding hydrogens is 919 g/mol. The first-order valence-corrected chi connectivity index (χ1v) is 30.1. The van der Waals surface area contributed by atoms with E-state index >= 15 is 0 Å². The molecule has 0 radical (unpaired) electrons. The Morgan fingerprint density at radius 2 is 0.904 bits per heavy atom. The summed E-state index contributed by atoms with van der Waals surface area (Å²) in [6.45, 7) is 4.24. The molecule has 0 bridgehead atoms. The number of amides is 1. The number of rotatable bonds is 51. The number of carbonyl (C=O) groups excluding carboxylic acids is 2.